The van der Waals surface area contributed by atoms with Crippen LogP contribution in [-0.4, -0.2) is 13.7 Å². The van der Waals surface area contributed by atoms with Gasteiger partial charge in [-0.1, -0.05) is 115 Å². The van der Waals surface area contributed by atoms with E-state index in [4.69, 9.17) is 0 Å². The van der Waals surface area contributed by atoms with Gasteiger partial charge in [-0.25, -0.2) is 0 Å². The van der Waals surface area contributed by atoms with E-state index >= 15 is 0 Å². The summed E-state index contributed by atoms with van der Waals surface area (Å²) in [7, 11) is 0. The summed E-state index contributed by atoms with van der Waals surface area (Å²) in [4.78, 5) is 0. The number of aromatic nitrogens is 3. The average Bonchev–Trinajstić information content (AvgIpc) is 3.83. The second kappa shape index (κ2) is 10.8. The van der Waals surface area contributed by atoms with Gasteiger partial charge in [-0.15, -0.1) is 0 Å². The van der Waals surface area contributed by atoms with E-state index in [1.54, 1.807) is 0 Å². The van der Waals surface area contributed by atoms with Gasteiger partial charge in [-0.3, -0.25) is 0 Å². The smallest absolute Gasteiger partial charge is 0.0548 e. The van der Waals surface area contributed by atoms with Crippen molar-refractivity contribution >= 4 is 65.4 Å². The van der Waals surface area contributed by atoms with E-state index < -0.39 is 0 Å². The molecule has 11 aromatic rings. The van der Waals surface area contributed by atoms with Crippen LogP contribution in [-0.2, 0) is 0 Å². The van der Waals surface area contributed by atoms with Crippen LogP contribution >= 0.6 is 0 Å². The molecule has 0 aliphatic heterocycles. The van der Waals surface area contributed by atoms with Crippen LogP contribution in [0.5, 0.6) is 0 Å². The predicted molar refractivity (Wildman–Crippen MR) is 215 cm³/mol. The Hall–Kier alpha value is -6.84. The largest absolute Gasteiger partial charge is 0.309 e. The highest BCUT2D eigenvalue weighted by molar-refractivity contribution is 6.19. The molecule has 0 spiro atoms. The third-order valence-electron chi connectivity index (χ3n) is 10.6. The molecule has 3 aromatic heterocycles. The molecule has 51 heavy (non-hydrogen) atoms. The van der Waals surface area contributed by atoms with Crippen molar-refractivity contribution in [3.05, 3.63) is 188 Å². The molecule has 3 heteroatoms. The third kappa shape index (κ3) is 4.12. The molecular weight excluding hydrogens is 619 g/mol. The first-order valence-corrected chi connectivity index (χ1v) is 17.5. The SMILES string of the molecule is c1ccc(-c2ccc(-n3c4ccccc4c4cc5c(cc43)c3ccccc3n5-c3ccc(-n4c5ccccc5c5ccccc54)cc3)cc2)cc1. The van der Waals surface area contributed by atoms with E-state index in [0.29, 0.717) is 0 Å². The molecule has 0 aliphatic carbocycles. The maximum atomic E-state index is 2.43. The van der Waals surface area contributed by atoms with Crippen LogP contribution in [0.2, 0.25) is 0 Å². The van der Waals surface area contributed by atoms with Crippen molar-refractivity contribution in [2.24, 2.45) is 0 Å². The van der Waals surface area contributed by atoms with Crippen LogP contribution < -0.4 is 0 Å². The number of hydrogen-bond acceptors (Lipinski definition) is 0. The highest BCUT2D eigenvalue weighted by Crippen LogP contribution is 2.40. The molecule has 0 saturated heterocycles. The number of fused-ring (bicyclic) bond motifs is 9. The van der Waals surface area contributed by atoms with Crippen LogP contribution in [0.15, 0.2) is 188 Å². The minimum absolute atomic E-state index is 1.14. The molecular formula is C48H31N3. The van der Waals surface area contributed by atoms with Crippen molar-refractivity contribution in [3.8, 4) is 28.2 Å². The summed E-state index contributed by atoms with van der Waals surface area (Å²) in [6, 6.07) is 68.4. The number of para-hydroxylation sites is 4. The minimum Gasteiger partial charge on any atom is -0.309 e. The van der Waals surface area contributed by atoms with Gasteiger partial charge >= 0.3 is 0 Å². The fraction of sp³-hybridized carbons (Fsp3) is 0. The maximum Gasteiger partial charge on any atom is 0.0548 e. The number of benzene rings is 8. The first-order valence-electron chi connectivity index (χ1n) is 17.5. The Morgan fingerprint density at radius 2 is 0.510 bits per heavy atom. The molecule has 8 aromatic carbocycles. The van der Waals surface area contributed by atoms with Crippen LogP contribution in [0.3, 0.4) is 0 Å². The lowest BCUT2D eigenvalue weighted by atomic mass is 10.1. The lowest BCUT2D eigenvalue weighted by molar-refractivity contribution is 1.14. The van der Waals surface area contributed by atoms with Crippen molar-refractivity contribution < 1.29 is 0 Å². The quantitative estimate of drug-likeness (QED) is 0.180. The van der Waals surface area contributed by atoms with E-state index in [1.165, 1.54) is 76.5 Å². The van der Waals surface area contributed by atoms with Crippen LogP contribution in [0.4, 0.5) is 0 Å². The molecule has 3 heterocycles. The maximum absolute atomic E-state index is 2.43. The Balaban J connectivity index is 1.11. The van der Waals surface area contributed by atoms with E-state index in [2.05, 4.69) is 202 Å². The Labute approximate surface area is 294 Å². The van der Waals surface area contributed by atoms with Gasteiger partial charge in [-0.05, 0) is 83.9 Å². The summed E-state index contributed by atoms with van der Waals surface area (Å²) in [6.07, 6.45) is 0. The number of nitrogens with zero attached hydrogens (tertiary/aromatic N) is 3. The third-order valence-corrected chi connectivity index (χ3v) is 10.6. The van der Waals surface area contributed by atoms with Crippen molar-refractivity contribution in [2.45, 2.75) is 0 Å². The number of rotatable bonds is 4. The van der Waals surface area contributed by atoms with Gasteiger partial charge in [0.15, 0.2) is 0 Å². The van der Waals surface area contributed by atoms with Crippen molar-refractivity contribution in [1.29, 1.82) is 0 Å². The summed E-state index contributed by atoms with van der Waals surface area (Å²) in [5, 5.41) is 7.53. The van der Waals surface area contributed by atoms with Crippen LogP contribution in [0.1, 0.15) is 0 Å². The topological polar surface area (TPSA) is 14.8 Å². The van der Waals surface area contributed by atoms with Gasteiger partial charge in [0, 0.05) is 49.4 Å². The molecule has 0 amide bonds. The molecule has 0 unspecified atom stereocenters. The van der Waals surface area contributed by atoms with Gasteiger partial charge in [0.25, 0.3) is 0 Å². The van der Waals surface area contributed by atoms with Gasteiger partial charge in [0.05, 0.1) is 33.1 Å². The Kier molecular flexibility index (Phi) is 5.96. The van der Waals surface area contributed by atoms with E-state index in [0.717, 1.165) is 17.1 Å². The van der Waals surface area contributed by atoms with Gasteiger partial charge in [0.2, 0.25) is 0 Å². The Morgan fingerprint density at radius 3 is 0.922 bits per heavy atom. The molecule has 0 atom stereocenters. The molecule has 11 rings (SSSR count). The molecule has 0 aliphatic rings. The van der Waals surface area contributed by atoms with Crippen LogP contribution in [0, 0.1) is 0 Å². The zero-order valence-electron chi connectivity index (χ0n) is 27.7. The standard InChI is InChI=1S/C48H31N3/c1-2-12-32(13-3-1)33-22-24-34(25-23-33)50-45-20-10-6-16-39(45)41-31-48-42(30-47(41)50)40-17-7-11-21-46(40)51(48)36-28-26-35(27-29-36)49-43-18-8-4-14-37(43)38-15-5-9-19-44(38)49/h1-31H. The van der Waals surface area contributed by atoms with E-state index in [1.807, 2.05) is 0 Å². The Morgan fingerprint density at radius 1 is 0.216 bits per heavy atom. The fourth-order valence-electron chi connectivity index (χ4n) is 8.37. The van der Waals surface area contributed by atoms with E-state index in [-0.39, 0.29) is 0 Å². The minimum atomic E-state index is 1.14. The zero-order valence-corrected chi connectivity index (χ0v) is 27.7. The summed E-state index contributed by atoms with van der Waals surface area (Å²) >= 11 is 0. The first-order chi connectivity index (χ1) is 25.3. The molecule has 0 N–H and O–H groups in total. The van der Waals surface area contributed by atoms with E-state index in [9.17, 15) is 0 Å². The second-order valence-electron chi connectivity index (χ2n) is 13.4. The number of hydrogen-bond donors (Lipinski definition) is 0. The fourth-order valence-corrected chi connectivity index (χ4v) is 8.37. The zero-order chi connectivity index (χ0) is 33.5. The second-order valence-corrected chi connectivity index (χ2v) is 13.4. The van der Waals surface area contributed by atoms with Gasteiger partial charge in [0.1, 0.15) is 0 Å². The Bertz CT molecular complexity index is 3050. The summed E-state index contributed by atoms with van der Waals surface area (Å²) in [6.45, 7) is 0. The molecule has 0 saturated carbocycles. The van der Waals surface area contributed by atoms with Crippen molar-refractivity contribution in [2.75, 3.05) is 0 Å². The molecule has 0 radical (unpaired) electrons. The average molecular weight is 650 g/mol. The molecule has 238 valence electrons. The van der Waals surface area contributed by atoms with Crippen molar-refractivity contribution in [3.63, 3.8) is 0 Å². The molecule has 0 bridgehead atoms. The molecule has 0 fully saturated rings. The van der Waals surface area contributed by atoms with Crippen LogP contribution in [0.25, 0.3) is 93.6 Å². The first kappa shape index (κ1) is 28.0. The summed E-state index contributed by atoms with van der Waals surface area (Å²) in [5.41, 5.74) is 13.2. The summed E-state index contributed by atoms with van der Waals surface area (Å²) in [5.74, 6) is 0. The normalized spacial score (nSPS) is 11.9. The highest BCUT2D eigenvalue weighted by atomic mass is 15.0. The highest BCUT2D eigenvalue weighted by Gasteiger charge is 2.19. The lowest BCUT2D eigenvalue weighted by Crippen LogP contribution is -1.97. The summed E-state index contributed by atoms with van der Waals surface area (Å²) < 4.78 is 7.23. The van der Waals surface area contributed by atoms with Gasteiger partial charge < -0.3 is 13.7 Å². The monoisotopic (exact) mass is 649 g/mol. The molecule has 3 nitrogen and oxygen atoms in total. The lowest BCUT2D eigenvalue weighted by Gasteiger charge is -2.12. The predicted octanol–water partition coefficient (Wildman–Crippen LogP) is 12.6. The van der Waals surface area contributed by atoms with Crippen molar-refractivity contribution in [1.82, 2.24) is 13.7 Å². The van der Waals surface area contributed by atoms with Gasteiger partial charge in [-0.2, -0.15) is 0 Å².